The molecule has 0 spiro atoms. The fourth-order valence-corrected chi connectivity index (χ4v) is 1.39. The van der Waals surface area contributed by atoms with Crippen molar-refractivity contribution in [1.29, 1.82) is 0 Å². The van der Waals surface area contributed by atoms with Gasteiger partial charge in [0.25, 0.3) is 0 Å². The van der Waals surface area contributed by atoms with E-state index in [1.807, 2.05) is 0 Å². The number of para-hydroxylation sites is 2. The van der Waals surface area contributed by atoms with Gasteiger partial charge in [0.1, 0.15) is 11.4 Å². The lowest BCUT2D eigenvalue weighted by atomic mass is 10.2. The van der Waals surface area contributed by atoms with Gasteiger partial charge in [-0.05, 0) is 12.1 Å². The van der Waals surface area contributed by atoms with Crippen molar-refractivity contribution in [2.24, 2.45) is 0 Å². The van der Waals surface area contributed by atoms with Gasteiger partial charge in [0.2, 0.25) is 0 Å². The van der Waals surface area contributed by atoms with Crippen LogP contribution in [0.2, 0.25) is 0 Å². The quantitative estimate of drug-likeness (QED) is 0.765. The molecule has 15 heavy (non-hydrogen) atoms. The van der Waals surface area contributed by atoms with E-state index in [2.05, 4.69) is 10.3 Å². The predicted molar refractivity (Wildman–Crippen MR) is 53.8 cm³/mol. The SMILES string of the molecule is OCCc1cnnn1-c1ccccc1O. The van der Waals surface area contributed by atoms with Crippen LogP contribution in [-0.4, -0.2) is 31.8 Å². The number of aromatic hydroxyl groups is 1. The molecule has 1 heterocycles. The molecule has 0 fully saturated rings. The Morgan fingerprint density at radius 2 is 2.07 bits per heavy atom. The van der Waals surface area contributed by atoms with Crippen LogP contribution in [0.4, 0.5) is 0 Å². The smallest absolute Gasteiger partial charge is 0.141 e. The van der Waals surface area contributed by atoms with Crippen LogP contribution in [0.3, 0.4) is 0 Å². The zero-order chi connectivity index (χ0) is 10.7. The lowest BCUT2D eigenvalue weighted by Gasteiger charge is -2.06. The summed E-state index contributed by atoms with van der Waals surface area (Å²) in [5.41, 5.74) is 1.33. The van der Waals surface area contributed by atoms with Crippen LogP contribution in [0.5, 0.6) is 5.75 Å². The molecule has 0 unspecified atom stereocenters. The Bertz CT molecular complexity index is 453. The maximum absolute atomic E-state index is 9.62. The zero-order valence-corrected chi connectivity index (χ0v) is 8.04. The van der Waals surface area contributed by atoms with Gasteiger partial charge in [-0.3, -0.25) is 0 Å². The van der Waals surface area contributed by atoms with Crippen molar-refractivity contribution in [3.63, 3.8) is 0 Å². The van der Waals surface area contributed by atoms with E-state index in [1.54, 1.807) is 30.5 Å². The number of aromatic nitrogens is 3. The summed E-state index contributed by atoms with van der Waals surface area (Å²) in [4.78, 5) is 0. The molecule has 0 radical (unpaired) electrons. The van der Waals surface area contributed by atoms with Gasteiger partial charge in [0.05, 0.1) is 11.9 Å². The van der Waals surface area contributed by atoms with Crippen molar-refractivity contribution >= 4 is 0 Å². The molecule has 0 atom stereocenters. The van der Waals surface area contributed by atoms with Crippen molar-refractivity contribution < 1.29 is 10.2 Å². The highest BCUT2D eigenvalue weighted by Crippen LogP contribution is 2.20. The first-order valence-corrected chi connectivity index (χ1v) is 4.61. The van der Waals surface area contributed by atoms with Gasteiger partial charge >= 0.3 is 0 Å². The number of phenolic OH excluding ortho intramolecular Hbond substituents is 1. The third-order valence-corrected chi connectivity index (χ3v) is 2.10. The van der Waals surface area contributed by atoms with E-state index in [4.69, 9.17) is 5.11 Å². The topological polar surface area (TPSA) is 71.2 Å². The number of aliphatic hydroxyl groups is 1. The van der Waals surface area contributed by atoms with Gasteiger partial charge in [0, 0.05) is 13.0 Å². The first kappa shape index (κ1) is 9.67. The number of benzene rings is 1. The number of rotatable bonds is 3. The molecule has 78 valence electrons. The van der Waals surface area contributed by atoms with Crippen molar-refractivity contribution in [2.75, 3.05) is 6.61 Å². The predicted octanol–water partition coefficient (Wildman–Crippen LogP) is 0.508. The van der Waals surface area contributed by atoms with Crippen LogP contribution >= 0.6 is 0 Å². The third-order valence-electron chi connectivity index (χ3n) is 2.10. The second-order valence-corrected chi connectivity index (χ2v) is 3.10. The molecule has 0 aliphatic carbocycles. The number of hydrogen-bond acceptors (Lipinski definition) is 4. The zero-order valence-electron chi connectivity index (χ0n) is 8.04. The van der Waals surface area contributed by atoms with Gasteiger partial charge in [-0.1, -0.05) is 17.3 Å². The summed E-state index contributed by atoms with van der Waals surface area (Å²) in [6.45, 7) is 0.0287. The molecule has 2 N–H and O–H groups in total. The summed E-state index contributed by atoms with van der Waals surface area (Å²) in [7, 11) is 0. The van der Waals surface area contributed by atoms with E-state index in [9.17, 15) is 5.11 Å². The molecule has 2 rings (SSSR count). The number of nitrogens with zero attached hydrogens (tertiary/aromatic N) is 3. The van der Waals surface area contributed by atoms with Crippen LogP contribution in [0.25, 0.3) is 5.69 Å². The Labute approximate surface area is 86.6 Å². The van der Waals surface area contributed by atoms with Crippen molar-refractivity contribution in [2.45, 2.75) is 6.42 Å². The van der Waals surface area contributed by atoms with Gasteiger partial charge in [-0.25, -0.2) is 4.68 Å². The van der Waals surface area contributed by atoms with E-state index in [-0.39, 0.29) is 12.4 Å². The van der Waals surface area contributed by atoms with Crippen LogP contribution in [0, 0.1) is 0 Å². The highest BCUT2D eigenvalue weighted by molar-refractivity contribution is 5.45. The minimum absolute atomic E-state index is 0.0287. The van der Waals surface area contributed by atoms with Crippen molar-refractivity contribution in [3.05, 3.63) is 36.2 Å². The summed E-state index contributed by atoms with van der Waals surface area (Å²) >= 11 is 0. The van der Waals surface area contributed by atoms with Crippen LogP contribution < -0.4 is 0 Å². The molecule has 0 bridgehead atoms. The lowest BCUT2D eigenvalue weighted by molar-refractivity contribution is 0.297. The fraction of sp³-hybridized carbons (Fsp3) is 0.200. The standard InChI is InChI=1S/C10H11N3O2/c14-6-5-8-7-11-12-13(8)9-3-1-2-4-10(9)15/h1-4,7,14-15H,5-6H2. The molecule has 0 amide bonds. The Hall–Kier alpha value is -1.88. The second kappa shape index (κ2) is 4.10. The molecule has 1 aromatic heterocycles. The number of aliphatic hydroxyl groups excluding tert-OH is 1. The Morgan fingerprint density at radius 1 is 1.27 bits per heavy atom. The third kappa shape index (κ3) is 1.82. The van der Waals surface area contributed by atoms with E-state index < -0.39 is 0 Å². The van der Waals surface area contributed by atoms with Crippen molar-refractivity contribution in [3.8, 4) is 11.4 Å². The minimum atomic E-state index is 0.0287. The average molecular weight is 205 g/mol. The maximum atomic E-state index is 9.62. The molecule has 0 saturated carbocycles. The number of phenols is 1. The summed E-state index contributed by atoms with van der Waals surface area (Å²) in [5, 5.41) is 26.1. The molecule has 5 nitrogen and oxygen atoms in total. The number of hydrogen-bond donors (Lipinski definition) is 2. The van der Waals surface area contributed by atoms with Crippen LogP contribution in [0.1, 0.15) is 5.69 Å². The Balaban J connectivity index is 2.45. The first-order valence-electron chi connectivity index (χ1n) is 4.61. The van der Waals surface area contributed by atoms with E-state index in [0.29, 0.717) is 12.1 Å². The monoisotopic (exact) mass is 205 g/mol. The average Bonchev–Trinajstić information content (AvgIpc) is 2.67. The second-order valence-electron chi connectivity index (χ2n) is 3.10. The van der Waals surface area contributed by atoms with Gasteiger partial charge in [0.15, 0.2) is 0 Å². The highest BCUT2D eigenvalue weighted by Gasteiger charge is 2.08. The van der Waals surface area contributed by atoms with Crippen molar-refractivity contribution in [1.82, 2.24) is 15.0 Å². The summed E-state index contributed by atoms with van der Waals surface area (Å²) < 4.78 is 1.52. The summed E-state index contributed by atoms with van der Waals surface area (Å²) in [5.74, 6) is 0.141. The molecule has 0 saturated heterocycles. The molecule has 0 aliphatic rings. The Morgan fingerprint density at radius 3 is 2.80 bits per heavy atom. The van der Waals surface area contributed by atoms with Gasteiger partial charge < -0.3 is 10.2 Å². The Kier molecular flexibility index (Phi) is 2.64. The first-order chi connectivity index (χ1) is 7.33. The molecular weight excluding hydrogens is 194 g/mol. The molecule has 1 aromatic carbocycles. The molecule has 0 aliphatic heterocycles. The van der Waals surface area contributed by atoms with E-state index in [1.165, 1.54) is 4.68 Å². The van der Waals surface area contributed by atoms with Crippen LogP contribution in [0.15, 0.2) is 30.5 Å². The van der Waals surface area contributed by atoms with E-state index in [0.717, 1.165) is 5.69 Å². The van der Waals surface area contributed by atoms with Crippen LogP contribution in [-0.2, 0) is 6.42 Å². The van der Waals surface area contributed by atoms with E-state index >= 15 is 0 Å². The maximum Gasteiger partial charge on any atom is 0.141 e. The highest BCUT2D eigenvalue weighted by atomic mass is 16.3. The lowest BCUT2D eigenvalue weighted by Crippen LogP contribution is -2.04. The summed E-state index contributed by atoms with van der Waals surface area (Å²) in [6, 6.07) is 6.87. The minimum Gasteiger partial charge on any atom is -0.506 e. The molecule has 5 heteroatoms. The van der Waals surface area contributed by atoms with Gasteiger partial charge in [-0.2, -0.15) is 0 Å². The largest absolute Gasteiger partial charge is 0.506 e. The molecule has 2 aromatic rings. The fourth-order valence-electron chi connectivity index (χ4n) is 1.39. The normalized spacial score (nSPS) is 10.5. The van der Waals surface area contributed by atoms with Gasteiger partial charge in [-0.15, -0.1) is 5.10 Å². The summed E-state index contributed by atoms with van der Waals surface area (Å²) in [6.07, 6.45) is 2.03. The molecular formula is C10H11N3O2.